The number of hydrogen-bond acceptors (Lipinski definition) is 7. The lowest BCUT2D eigenvalue weighted by molar-refractivity contribution is 0.177. The second kappa shape index (κ2) is 6.29. The van der Waals surface area contributed by atoms with E-state index in [4.69, 9.17) is 4.74 Å². The van der Waals surface area contributed by atoms with Crippen LogP contribution in [0.3, 0.4) is 0 Å². The molecule has 0 aliphatic heterocycles. The number of thiophene rings is 1. The number of anilines is 1. The van der Waals surface area contributed by atoms with Crippen LogP contribution >= 0.6 is 11.3 Å². The second-order valence-electron chi connectivity index (χ2n) is 5.92. The van der Waals surface area contributed by atoms with Gasteiger partial charge >= 0.3 is 0 Å². The van der Waals surface area contributed by atoms with E-state index in [2.05, 4.69) is 25.3 Å². The van der Waals surface area contributed by atoms with E-state index in [1.807, 2.05) is 11.4 Å². The second-order valence-corrected chi connectivity index (χ2v) is 6.83. The van der Waals surface area contributed by atoms with Crippen molar-refractivity contribution in [3.05, 3.63) is 45.7 Å². The molecule has 1 aliphatic carbocycles. The summed E-state index contributed by atoms with van der Waals surface area (Å²) in [7, 11) is 1.59. The third-order valence-electron chi connectivity index (χ3n) is 4.23. The normalized spacial score (nSPS) is 20.0. The van der Waals surface area contributed by atoms with Gasteiger partial charge in [0.2, 0.25) is 0 Å². The van der Waals surface area contributed by atoms with Crippen LogP contribution in [0.4, 0.5) is 5.82 Å². The Balaban J connectivity index is 1.45. The van der Waals surface area contributed by atoms with Gasteiger partial charge in [0.25, 0.3) is 5.56 Å². The number of aromatic amines is 1. The van der Waals surface area contributed by atoms with Crippen LogP contribution in [0.2, 0.25) is 0 Å². The number of nitrogens with zero attached hydrogens (tertiary/aromatic N) is 3. The summed E-state index contributed by atoms with van der Waals surface area (Å²) < 4.78 is 6.13. The molecule has 8 heteroatoms. The summed E-state index contributed by atoms with van der Waals surface area (Å²) in [6, 6.07) is 3.91. The summed E-state index contributed by atoms with van der Waals surface area (Å²) in [5.74, 6) is 1.76. The van der Waals surface area contributed by atoms with Gasteiger partial charge in [0.05, 0.1) is 15.9 Å². The van der Waals surface area contributed by atoms with Crippen molar-refractivity contribution in [1.82, 2.24) is 19.9 Å². The highest BCUT2D eigenvalue weighted by atomic mass is 32.1. The molecule has 1 saturated carbocycles. The predicted molar refractivity (Wildman–Crippen MR) is 92.4 cm³/mol. The van der Waals surface area contributed by atoms with Crippen molar-refractivity contribution in [2.45, 2.75) is 31.4 Å². The summed E-state index contributed by atoms with van der Waals surface area (Å²) in [6.45, 7) is 0.314. The molecule has 0 aromatic carbocycles. The fraction of sp³-hybridized carbons (Fsp3) is 0.375. The monoisotopic (exact) mass is 343 g/mol. The number of methoxy groups -OCH3 is 1. The Hall–Kier alpha value is -2.32. The van der Waals surface area contributed by atoms with Gasteiger partial charge in [-0.25, -0.2) is 15.0 Å². The van der Waals surface area contributed by atoms with Crippen LogP contribution in [-0.2, 0) is 11.3 Å². The van der Waals surface area contributed by atoms with E-state index in [-0.39, 0.29) is 5.56 Å². The topological polar surface area (TPSA) is 92.8 Å². The zero-order valence-corrected chi connectivity index (χ0v) is 14.0. The highest BCUT2D eigenvalue weighted by Gasteiger charge is 2.32. The lowest BCUT2D eigenvalue weighted by Gasteiger charge is -2.35. The molecule has 24 heavy (non-hydrogen) atoms. The van der Waals surface area contributed by atoms with E-state index < -0.39 is 0 Å². The maximum absolute atomic E-state index is 11.7. The number of ether oxygens (including phenoxy) is 1. The average Bonchev–Trinajstić information content (AvgIpc) is 2.99. The Morgan fingerprint density at radius 1 is 1.42 bits per heavy atom. The Labute approximate surface area is 142 Å². The van der Waals surface area contributed by atoms with E-state index in [1.165, 1.54) is 0 Å². The van der Waals surface area contributed by atoms with Gasteiger partial charge in [-0.05, 0) is 24.3 Å². The van der Waals surface area contributed by atoms with Gasteiger partial charge < -0.3 is 15.0 Å². The predicted octanol–water partition coefficient (Wildman–Crippen LogP) is 2.28. The van der Waals surface area contributed by atoms with Crippen molar-refractivity contribution >= 4 is 27.4 Å². The Morgan fingerprint density at radius 2 is 2.29 bits per heavy atom. The minimum Gasteiger partial charge on any atom is -0.377 e. The van der Waals surface area contributed by atoms with Crippen molar-refractivity contribution in [3.8, 4) is 0 Å². The maximum atomic E-state index is 11.7. The number of fused-ring (bicyclic) bond motifs is 1. The van der Waals surface area contributed by atoms with Crippen molar-refractivity contribution < 1.29 is 4.74 Å². The van der Waals surface area contributed by atoms with Gasteiger partial charge in [-0.3, -0.25) is 4.79 Å². The SMILES string of the molecule is COCc1nc(C2CC(Nc3ncnc4ccsc34)C2)cc(=O)[nH]1. The maximum Gasteiger partial charge on any atom is 0.251 e. The largest absolute Gasteiger partial charge is 0.377 e. The molecule has 0 amide bonds. The zero-order valence-electron chi connectivity index (χ0n) is 13.2. The Morgan fingerprint density at radius 3 is 3.12 bits per heavy atom. The van der Waals surface area contributed by atoms with Crippen LogP contribution in [0, 0.1) is 0 Å². The third kappa shape index (κ3) is 2.90. The van der Waals surface area contributed by atoms with Crippen molar-refractivity contribution in [1.29, 1.82) is 0 Å². The number of hydrogen-bond donors (Lipinski definition) is 2. The van der Waals surface area contributed by atoms with Gasteiger partial charge in [0.1, 0.15) is 24.6 Å². The van der Waals surface area contributed by atoms with E-state index in [9.17, 15) is 4.79 Å². The molecule has 0 unspecified atom stereocenters. The molecule has 0 spiro atoms. The molecule has 0 radical (unpaired) electrons. The number of H-pyrrole nitrogens is 1. The summed E-state index contributed by atoms with van der Waals surface area (Å²) in [6.07, 6.45) is 3.45. The first-order valence-electron chi connectivity index (χ1n) is 7.76. The summed E-state index contributed by atoms with van der Waals surface area (Å²) in [5, 5.41) is 5.50. The molecule has 2 N–H and O–H groups in total. The van der Waals surface area contributed by atoms with E-state index >= 15 is 0 Å². The lowest BCUT2D eigenvalue weighted by Crippen LogP contribution is -2.35. The molecular weight excluding hydrogens is 326 g/mol. The lowest BCUT2D eigenvalue weighted by atomic mass is 9.78. The van der Waals surface area contributed by atoms with Crippen LogP contribution < -0.4 is 10.9 Å². The molecule has 4 rings (SSSR count). The van der Waals surface area contributed by atoms with E-state index in [0.717, 1.165) is 34.6 Å². The van der Waals surface area contributed by atoms with Gasteiger partial charge in [0.15, 0.2) is 0 Å². The van der Waals surface area contributed by atoms with Crippen molar-refractivity contribution in [3.63, 3.8) is 0 Å². The molecule has 124 valence electrons. The highest BCUT2D eigenvalue weighted by Crippen LogP contribution is 2.38. The molecular formula is C16H17N5O2S. The number of rotatable bonds is 5. The molecule has 0 atom stereocenters. The summed E-state index contributed by atoms with van der Waals surface area (Å²) in [5.41, 5.74) is 1.68. The van der Waals surface area contributed by atoms with Gasteiger partial charge in [-0.15, -0.1) is 11.3 Å². The minimum absolute atomic E-state index is 0.125. The van der Waals surface area contributed by atoms with Crippen molar-refractivity contribution in [2.75, 3.05) is 12.4 Å². The average molecular weight is 343 g/mol. The first-order chi connectivity index (χ1) is 11.7. The number of aromatic nitrogens is 4. The highest BCUT2D eigenvalue weighted by molar-refractivity contribution is 7.17. The van der Waals surface area contributed by atoms with Crippen LogP contribution in [0.15, 0.2) is 28.6 Å². The third-order valence-corrected chi connectivity index (χ3v) is 5.14. The van der Waals surface area contributed by atoms with Gasteiger partial charge in [-0.1, -0.05) is 0 Å². The first kappa shape index (κ1) is 15.2. The molecule has 3 heterocycles. The van der Waals surface area contributed by atoms with E-state index in [0.29, 0.717) is 24.4 Å². The molecule has 3 aromatic rings. The van der Waals surface area contributed by atoms with Crippen LogP contribution in [0.5, 0.6) is 0 Å². The fourth-order valence-electron chi connectivity index (χ4n) is 3.01. The van der Waals surface area contributed by atoms with E-state index in [1.54, 1.807) is 30.8 Å². The molecule has 1 fully saturated rings. The van der Waals surface area contributed by atoms with Gasteiger partial charge in [0, 0.05) is 25.1 Å². The van der Waals surface area contributed by atoms with Crippen LogP contribution in [0.25, 0.3) is 10.2 Å². The molecule has 7 nitrogen and oxygen atoms in total. The quantitative estimate of drug-likeness (QED) is 0.738. The molecule has 3 aromatic heterocycles. The fourth-order valence-corrected chi connectivity index (χ4v) is 3.80. The zero-order chi connectivity index (χ0) is 16.5. The van der Waals surface area contributed by atoms with Gasteiger partial charge in [-0.2, -0.15) is 0 Å². The summed E-state index contributed by atoms with van der Waals surface area (Å²) >= 11 is 1.64. The smallest absolute Gasteiger partial charge is 0.251 e. The Bertz CT molecular complexity index is 916. The van der Waals surface area contributed by atoms with Crippen LogP contribution in [0.1, 0.15) is 30.3 Å². The standard InChI is InChI=1S/C16H17N5O2S/c1-23-7-13-20-12(6-14(22)21-13)9-4-10(5-9)19-16-15-11(2-3-24-15)17-8-18-16/h2-3,6,8-10H,4-5,7H2,1H3,(H,17,18,19)(H,20,21,22). The first-order valence-corrected chi connectivity index (χ1v) is 8.64. The summed E-state index contributed by atoms with van der Waals surface area (Å²) in [4.78, 5) is 27.5. The molecule has 0 bridgehead atoms. The number of nitrogens with one attached hydrogen (secondary N) is 2. The minimum atomic E-state index is -0.125. The Kier molecular flexibility index (Phi) is 3.99. The molecule has 1 aliphatic rings. The molecule has 0 saturated heterocycles. The van der Waals surface area contributed by atoms with Crippen molar-refractivity contribution in [2.24, 2.45) is 0 Å². The van der Waals surface area contributed by atoms with Crippen LogP contribution in [-0.4, -0.2) is 33.1 Å².